The Morgan fingerprint density at radius 1 is 1.16 bits per heavy atom. The van der Waals surface area contributed by atoms with E-state index in [1.54, 1.807) is 35.4 Å². The fourth-order valence-electron chi connectivity index (χ4n) is 3.16. The third-order valence-electron chi connectivity index (χ3n) is 4.56. The van der Waals surface area contributed by atoms with E-state index in [1.165, 1.54) is 0 Å². The van der Waals surface area contributed by atoms with Crippen LogP contribution >= 0.6 is 11.6 Å². The van der Waals surface area contributed by atoms with Crippen LogP contribution in [0.2, 0.25) is 5.02 Å². The van der Waals surface area contributed by atoms with Crippen molar-refractivity contribution in [3.8, 4) is 0 Å². The van der Waals surface area contributed by atoms with Crippen LogP contribution < -0.4 is 4.90 Å². The molecule has 1 saturated heterocycles. The van der Waals surface area contributed by atoms with Crippen molar-refractivity contribution in [3.63, 3.8) is 0 Å². The van der Waals surface area contributed by atoms with Gasteiger partial charge in [-0.05, 0) is 42.7 Å². The number of aryl methyl sites for hydroxylation is 1. The van der Waals surface area contributed by atoms with Crippen molar-refractivity contribution in [2.75, 3.05) is 31.1 Å². The van der Waals surface area contributed by atoms with Gasteiger partial charge >= 0.3 is 0 Å². The number of aromatic nitrogens is 1. The number of benzene rings is 1. The summed E-state index contributed by atoms with van der Waals surface area (Å²) in [4.78, 5) is 20.8. The van der Waals surface area contributed by atoms with Crippen molar-refractivity contribution in [3.05, 3.63) is 58.9 Å². The SMILES string of the molecule is Cc1cnccc1N1CCCN(C(=O)[C@@H](O)c2ccc(Cl)cc2)CC1. The first-order valence-corrected chi connectivity index (χ1v) is 8.82. The summed E-state index contributed by atoms with van der Waals surface area (Å²) in [6, 6.07) is 8.76. The summed E-state index contributed by atoms with van der Waals surface area (Å²) >= 11 is 5.87. The Hall–Kier alpha value is -2.11. The number of pyridine rings is 1. The third kappa shape index (κ3) is 4.11. The number of rotatable bonds is 3. The quantitative estimate of drug-likeness (QED) is 0.915. The van der Waals surface area contributed by atoms with Crippen LogP contribution in [0.4, 0.5) is 5.69 Å². The summed E-state index contributed by atoms with van der Waals surface area (Å²) in [7, 11) is 0. The number of carbonyl (C=O) groups is 1. The Kier molecular flexibility index (Phi) is 5.56. The van der Waals surface area contributed by atoms with Gasteiger partial charge in [0, 0.05) is 49.3 Å². The Labute approximate surface area is 152 Å². The first-order valence-electron chi connectivity index (χ1n) is 8.44. The smallest absolute Gasteiger partial charge is 0.256 e. The molecule has 5 nitrogen and oxygen atoms in total. The van der Waals surface area contributed by atoms with E-state index < -0.39 is 6.10 Å². The molecule has 0 aliphatic carbocycles. The molecule has 0 spiro atoms. The van der Waals surface area contributed by atoms with Gasteiger partial charge in [0.05, 0.1) is 0 Å². The van der Waals surface area contributed by atoms with Crippen LogP contribution in [-0.4, -0.2) is 47.1 Å². The van der Waals surface area contributed by atoms with Gasteiger partial charge in [-0.15, -0.1) is 0 Å². The molecule has 6 heteroatoms. The molecule has 0 unspecified atom stereocenters. The number of hydrogen-bond donors (Lipinski definition) is 1. The summed E-state index contributed by atoms with van der Waals surface area (Å²) in [5, 5.41) is 11.0. The lowest BCUT2D eigenvalue weighted by Gasteiger charge is -2.26. The van der Waals surface area contributed by atoms with Crippen molar-refractivity contribution >= 4 is 23.2 Å². The Morgan fingerprint density at radius 3 is 2.64 bits per heavy atom. The molecular formula is C19H22ClN3O2. The molecule has 1 N–H and O–H groups in total. The number of nitrogens with zero attached hydrogens (tertiary/aromatic N) is 3. The van der Waals surface area contributed by atoms with Crippen molar-refractivity contribution < 1.29 is 9.90 Å². The Morgan fingerprint density at radius 2 is 1.92 bits per heavy atom. The Bertz CT molecular complexity index is 736. The van der Waals surface area contributed by atoms with Gasteiger partial charge in [-0.3, -0.25) is 9.78 Å². The lowest BCUT2D eigenvalue weighted by Crippen LogP contribution is -2.38. The molecule has 25 heavy (non-hydrogen) atoms. The summed E-state index contributed by atoms with van der Waals surface area (Å²) in [5.74, 6) is -0.254. The monoisotopic (exact) mass is 359 g/mol. The van der Waals surface area contributed by atoms with E-state index in [9.17, 15) is 9.90 Å². The molecule has 1 aromatic heterocycles. The normalized spacial score (nSPS) is 16.4. The zero-order valence-electron chi connectivity index (χ0n) is 14.2. The minimum absolute atomic E-state index is 0.254. The van der Waals surface area contributed by atoms with E-state index in [2.05, 4.69) is 9.88 Å². The van der Waals surface area contributed by atoms with Gasteiger partial charge < -0.3 is 14.9 Å². The van der Waals surface area contributed by atoms with Crippen molar-refractivity contribution in [2.24, 2.45) is 0 Å². The van der Waals surface area contributed by atoms with Crippen molar-refractivity contribution in [2.45, 2.75) is 19.4 Å². The fraction of sp³-hybridized carbons (Fsp3) is 0.368. The first-order chi connectivity index (χ1) is 12.1. The maximum Gasteiger partial charge on any atom is 0.256 e. The number of aliphatic hydroxyl groups is 1. The van der Waals surface area contributed by atoms with Gasteiger partial charge in [0.1, 0.15) is 0 Å². The zero-order chi connectivity index (χ0) is 17.8. The molecule has 2 heterocycles. The second-order valence-corrected chi connectivity index (χ2v) is 6.72. The number of anilines is 1. The van der Waals surface area contributed by atoms with Crippen LogP contribution in [0, 0.1) is 6.92 Å². The van der Waals surface area contributed by atoms with E-state index in [1.807, 2.05) is 19.2 Å². The number of amides is 1. The zero-order valence-corrected chi connectivity index (χ0v) is 15.0. The predicted molar refractivity (Wildman–Crippen MR) is 98.8 cm³/mol. The molecule has 3 rings (SSSR count). The number of hydrogen-bond acceptors (Lipinski definition) is 4. The average molecular weight is 360 g/mol. The van der Waals surface area contributed by atoms with Crippen LogP contribution in [0.1, 0.15) is 23.7 Å². The average Bonchev–Trinajstić information content (AvgIpc) is 2.87. The third-order valence-corrected chi connectivity index (χ3v) is 4.81. The van der Waals surface area contributed by atoms with E-state index in [4.69, 9.17) is 11.6 Å². The summed E-state index contributed by atoms with van der Waals surface area (Å²) < 4.78 is 0. The van der Waals surface area contributed by atoms with Gasteiger partial charge in [0.2, 0.25) is 0 Å². The van der Waals surface area contributed by atoms with Crippen LogP contribution in [0.25, 0.3) is 0 Å². The highest BCUT2D eigenvalue weighted by molar-refractivity contribution is 6.30. The highest BCUT2D eigenvalue weighted by atomic mass is 35.5. The molecule has 1 aliphatic rings. The van der Waals surface area contributed by atoms with Crippen molar-refractivity contribution in [1.29, 1.82) is 0 Å². The van der Waals surface area contributed by atoms with Gasteiger partial charge in [-0.2, -0.15) is 0 Å². The minimum Gasteiger partial charge on any atom is -0.378 e. The van der Waals surface area contributed by atoms with Crippen LogP contribution in [0.5, 0.6) is 0 Å². The molecule has 1 aromatic carbocycles. The molecule has 1 aliphatic heterocycles. The largest absolute Gasteiger partial charge is 0.378 e. The lowest BCUT2D eigenvalue weighted by molar-refractivity contribution is -0.140. The number of aliphatic hydroxyl groups excluding tert-OH is 1. The highest BCUT2D eigenvalue weighted by Crippen LogP contribution is 2.22. The van der Waals surface area contributed by atoms with E-state index >= 15 is 0 Å². The standard InChI is InChI=1S/C19H22ClN3O2/c1-14-13-21-8-7-17(14)22-9-2-10-23(12-11-22)19(25)18(24)15-3-5-16(20)6-4-15/h3-8,13,18,24H,2,9-12H2,1H3/t18-/m0/s1. The molecule has 0 saturated carbocycles. The molecule has 1 amide bonds. The molecule has 1 atom stereocenters. The predicted octanol–water partition coefficient (Wildman–Crippen LogP) is 2.82. The molecule has 0 bridgehead atoms. The van der Waals surface area contributed by atoms with Crippen molar-refractivity contribution in [1.82, 2.24) is 9.88 Å². The van der Waals surface area contributed by atoms with Gasteiger partial charge in [0.25, 0.3) is 5.91 Å². The second-order valence-electron chi connectivity index (χ2n) is 6.28. The first kappa shape index (κ1) is 17.7. The van der Waals surface area contributed by atoms with Gasteiger partial charge in [-0.1, -0.05) is 23.7 Å². The second kappa shape index (κ2) is 7.85. The number of carbonyl (C=O) groups excluding carboxylic acids is 1. The maximum absolute atomic E-state index is 12.7. The fourth-order valence-corrected chi connectivity index (χ4v) is 3.29. The highest BCUT2D eigenvalue weighted by Gasteiger charge is 2.26. The van der Waals surface area contributed by atoms with E-state index in [-0.39, 0.29) is 5.91 Å². The molecule has 2 aromatic rings. The van der Waals surface area contributed by atoms with Crippen LogP contribution in [0.3, 0.4) is 0 Å². The Balaban J connectivity index is 1.67. The minimum atomic E-state index is -1.15. The lowest BCUT2D eigenvalue weighted by atomic mass is 10.1. The van der Waals surface area contributed by atoms with Crippen LogP contribution in [0.15, 0.2) is 42.7 Å². The summed E-state index contributed by atoms with van der Waals surface area (Å²) in [5.41, 5.74) is 2.85. The molecule has 0 radical (unpaired) electrons. The van der Waals surface area contributed by atoms with Crippen LogP contribution in [-0.2, 0) is 4.79 Å². The van der Waals surface area contributed by atoms with Gasteiger partial charge in [-0.25, -0.2) is 0 Å². The van der Waals surface area contributed by atoms with E-state index in [0.717, 1.165) is 30.8 Å². The summed E-state index contributed by atoms with van der Waals surface area (Å²) in [6.07, 6.45) is 3.36. The summed E-state index contributed by atoms with van der Waals surface area (Å²) in [6.45, 7) is 4.89. The van der Waals surface area contributed by atoms with E-state index in [0.29, 0.717) is 23.7 Å². The molecule has 132 valence electrons. The molecular weight excluding hydrogens is 338 g/mol. The molecule has 1 fully saturated rings. The topological polar surface area (TPSA) is 56.7 Å². The maximum atomic E-state index is 12.7. The van der Waals surface area contributed by atoms with Gasteiger partial charge in [0.15, 0.2) is 6.10 Å². The number of halogens is 1.